The van der Waals surface area contributed by atoms with E-state index in [1.165, 1.54) is 9.80 Å². The Labute approximate surface area is 168 Å². The van der Waals surface area contributed by atoms with Crippen LogP contribution in [0.2, 0.25) is 0 Å². The van der Waals surface area contributed by atoms with E-state index in [1.54, 1.807) is 30.3 Å². The predicted octanol–water partition coefficient (Wildman–Crippen LogP) is 3.77. The normalized spacial score (nSPS) is 14.6. The van der Waals surface area contributed by atoms with Crippen molar-refractivity contribution in [3.05, 3.63) is 90.3 Å². The lowest BCUT2D eigenvalue weighted by Gasteiger charge is -2.36. The zero-order valence-electron chi connectivity index (χ0n) is 15.1. The van der Waals surface area contributed by atoms with Crippen LogP contribution in [0.25, 0.3) is 6.08 Å². The first kappa shape index (κ1) is 17.9. The van der Waals surface area contributed by atoms with Crippen LogP contribution < -0.4 is 9.80 Å². The molecule has 4 rings (SSSR count). The van der Waals surface area contributed by atoms with Gasteiger partial charge in [0.05, 0.1) is 11.4 Å². The summed E-state index contributed by atoms with van der Waals surface area (Å²) in [6.07, 6.45) is 3.47. The van der Waals surface area contributed by atoms with Crippen LogP contribution in [0.1, 0.15) is 5.69 Å². The third-order valence-corrected chi connectivity index (χ3v) is 4.92. The Morgan fingerprint density at radius 3 is 1.68 bits per heavy atom. The van der Waals surface area contributed by atoms with Gasteiger partial charge in [-0.3, -0.25) is 19.4 Å². The van der Waals surface area contributed by atoms with E-state index in [0.717, 1.165) is 5.69 Å². The monoisotopic (exact) mass is 387 g/mol. The largest absolute Gasteiger partial charge is 0.351 e. The third-order valence-electron chi connectivity index (χ3n) is 4.55. The highest BCUT2D eigenvalue weighted by Crippen LogP contribution is 2.29. The first-order chi connectivity index (χ1) is 13.6. The molecule has 1 aliphatic heterocycles. The highest BCUT2D eigenvalue weighted by molar-refractivity contribution is 7.81. The maximum Gasteiger partial charge on any atom is 0.270 e. The maximum atomic E-state index is 13.3. The molecular weight excluding hydrogens is 370 g/mol. The summed E-state index contributed by atoms with van der Waals surface area (Å²) in [5.74, 6) is -0.871. The highest BCUT2D eigenvalue weighted by atomic mass is 32.1. The van der Waals surface area contributed by atoms with Gasteiger partial charge in [-0.15, -0.1) is 0 Å². The van der Waals surface area contributed by atoms with Crippen LogP contribution in [0.15, 0.2) is 84.6 Å². The Hall–Kier alpha value is -3.51. The summed E-state index contributed by atoms with van der Waals surface area (Å²) < 4.78 is 1.85. The molecule has 0 radical (unpaired) electrons. The summed E-state index contributed by atoms with van der Waals surface area (Å²) in [5, 5.41) is 0.136. The van der Waals surface area contributed by atoms with Gasteiger partial charge in [-0.05, 0) is 54.7 Å². The Bertz CT molecular complexity index is 1020. The Morgan fingerprint density at radius 2 is 1.25 bits per heavy atom. The lowest BCUT2D eigenvalue weighted by Crippen LogP contribution is -2.56. The predicted molar refractivity (Wildman–Crippen MR) is 114 cm³/mol. The average Bonchev–Trinajstić information content (AvgIpc) is 3.11. The number of aryl methyl sites for hydroxylation is 1. The number of anilines is 2. The van der Waals surface area contributed by atoms with Crippen LogP contribution in [0.5, 0.6) is 0 Å². The molecule has 0 saturated carbocycles. The molecule has 138 valence electrons. The van der Waals surface area contributed by atoms with E-state index >= 15 is 0 Å². The van der Waals surface area contributed by atoms with Gasteiger partial charge in [0.1, 0.15) is 5.57 Å². The molecule has 0 aliphatic carbocycles. The summed E-state index contributed by atoms with van der Waals surface area (Å²) >= 11 is 5.57. The molecule has 0 unspecified atom stereocenters. The first-order valence-electron chi connectivity index (χ1n) is 8.74. The van der Waals surface area contributed by atoms with E-state index in [9.17, 15) is 9.59 Å². The number of benzene rings is 2. The van der Waals surface area contributed by atoms with Crippen molar-refractivity contribution in [3.8, 4) is 0 Å². The molecule has 1 aliphatic rings. The van der Waals surface area contributed by atoms with Crippen LogP contribution in [-0.4, -0.2) is 21.5 Å². The van der Waals surface area contributed by atoms with Gasteiger partial charge in [0, 0.05) is 18.9 Å². The minimum absolute atomic E-state index is 0.0584. The average molecular weight is 387 g/mol. The molecule has 1 fully saturated rings. The molecule has 1 aromatic heterocycles. The highest BCUT2D eigenvalue weighted by Gasteiger charge is 2.41. The van der Waals surface area contributed by atoms with Gasteiger partial charge in [0.25, 0.3) is 11.8 Å². The number of thiocarbonyl (C=S) groups is 1. The molecular formula is C22H17N3O2S. The van der Waals surface area contributed by atoms with Gasteiger partial charge >= 0.3 is 0 Å². The molecule has 2 heterocycles. The zero-order chi connectivity index (χ0) is 19.7. The van der Waals surface area contributed by atoms with Crippen molar-refractivity contribution in [2.45, 2.75) is 0 Å². The van der Waals surface area contributed by atoms with Gasteiger partial charge in [0.15, 0.2) is 5.11 Å². The fourth-order valence-electron chi connectivity index (χ4n) is 3.11. The molecule has 2 aromatic carbocycles. The van der Waals surface area contributed by atoms with Crippen molar-refractivity contribution in [2.24, 2.45) is 7.05 Å². The van der Waals surface area contributed by atoms with Crippen molar-refractivity contribution < 1.29 is 9.59 Å². The second kappa shape index (κ2) is 7.25. The molecule has 6 heteroatoms. The number of carbonyl (C=O) groups excluding carboxylic acids is 2. The van der Waals surface area contributed by atoms with E-state index in [2.05, 4.69) is 0 Å². The van der Waals surface area contributed by atoms with Gasteiger partial charge < -0.3 is 4.57 Å². The van der Waals surface area contributed by atoms with Gasteiger partial charge in [-0.1, -0.05) is 36.4 Å². The van der Waals surface area contributed by atoms with Gasteiger partial charge in [-0.25, -0.2) is 0 Å². The van der Waals surface area contributed by atoms with Crippen molar-refractivity contribution in [2.75, 3.05) is 9.80 Å². The standard InChI is InChI=1S/C22H17N3O2S/c1-23-14-8-13-18(23)15-19-20(26)24(16-9-4-2-5-10-16)22(28)25(21(19)27)17-11-6-3-7-12-17/h2-15H,1H3. The van der Waals surface area contributed by atoms with Crippen molar-refractivity contribution in [1.29, 1.82) is 0 Å². The van der Waals surface area contributed by atoms with Crippen LogP contribution in [-0.2, 0) is 16.6 Å². The topological polar surface area (TPSA) is 45.6 Å². The molecule has 0 atom stereocenters. The quantitative estimate of drug-likeness (QED) is 0.390. The zero-order valence-corrected chi connectivity index (χ0v) is 16.0. The Kier molecular flexibility index (Phi) is 4.63. The molecule has 0 N–H and O–H groups in total. The second-order valence-corrected chi connectivity index (χ2v) is 6.70. The van der Waals surface area contributed by atoms with Crippen LogP contribution in [0.4, 0.5) is 11.4 Å². The fourth-order valence-corrected chi connectivity index (χ4v) is 3.49. The Balaban J connectivity index is 1.88. The van der Waals surface area contributed by atoms with Crippen LogP contribution in [0, 0.1) is 0 Å². The summed E-state index contributed by atoms with van der Waals surface area (Å²) in [5.41, 5.74) is 2.04. The maximum absolute atomic E-state index is 13.3. The molecule has 0 spiro atoms. The van der Waals surface area contributed by atoms with Crippen molar-refractivity contribution in [1.82, 2.24) is 4.57 Å². The minimum Gasteiger partial charge on any atom is -0.351 e. The van der Waals surface area contributed by atoms with E-state index in [4.69, 9.17) is 12.2 Å². The first-order valence-corrected chi connectivity index (χ1v) is 9.15. The molecule has 5 nitrogen and oxygen atoms in total. The molecule has 3 aromatic rings. The number of hydrogen-bond donors (Lipinski definition) is 0. The number of aromatic nitrogens is 1. The smallest absolute Gasteiger partial charge is 0.270 e. The number of carbonyl (C=O) groups is 2. The number of nitrogens with zero attached hydrogens (tertiary/aromatic N) is 3. The second-order valence-electron chi connectivity index (χ2n) is 6.34. The summed E-state index contributed by atoms with van der Waals surface area (Å²) in [4.78, 5) is 29.4. The van der Waals surface area contributed by atoms with Crippen LogP contribution in [0.3, 0.4) is 0 Å². The number of hydrogen-bond acceptors (Lipinski definition) is 3. The van der Waals surface area contributed by atoms with E-state index in [1.807, 2.05) is 66.3 Å². The summed E-state index contributed by atoms with van der Waals surface area (Å²) in [7, 11) is 1.86. The van der Waals surface area contributed by atoms with E-state index in [0.29, 0.717) is 11.4 Å². The van der Waals surface area contributed by atoms with Crippen molar-refractivity contribution >= 4 is 46.6 Å². The molecule has 0 bridgehead atoms. The van der Waals surface area contributed by atoms with Gasteiger partial charge in [0.2, 0.25) is 0 Å². The van der Waals surface area contributed by atoms with E-state index < -0.39 is 11.8 Å². The van der Waals surface area contributed by atoms with Gasteiger partial charge in [-0.2, -0.15) is 0 Å². The number of para-hydroxylation sites is 2. The lowest BCUT2D eigenvalue weighted by atomic mass is 10.1. The molecule has 2 amide bonds. The van der Waals surface area contributed by atoms with E-state index in [-0.39, 0.29) is 10.7 Å². The summed E-state index contributed by atoms with van der Waals surface area (Å²) in [6, 6.07) is 21.9. The fraction of sp³-hybridized carbons (Fsp3) is 0.0455. The number of rotatable bonds is 3. The number of amides is 2. The van der Waals surface area contributed by atoms with Crippen LogP contribution >= 0.6 is 12.2 Å². The van der Waals surface area contributed by atoms with Crippen molar-refractivity contribution in [3.63, 3.8) is 0 Å². The molecule has 1 saturated heterocycles. The molecule has 28 heavy (non-hydrogen) atoms. The minimum atomic E-state index is -0.436. The third kappa shape index (κ3) is 3.04. The lowest BCUT2D eigenvalue weighted by molar-refractivity contribution is -0.120. The Morgan fingerprint density at radius 1 is 0.750 bits per heavy atom. The summed E-state index contributed by atoms with van der Waals surface area (Å²) in [6.45, 7) is 0. The SMILES string of the molecule is Cn1cccc1C=C1C(=O)N(c2ccccc2)C(=S)N(c2ccccc2)C1=O.